The molecule has 0 saturated carbocycles. The van der Waals surface area contributed by atoms with Crippen LogP contribution in [0, 0.1) is 12.8 Å². The predicted octanol–water partition coefficient (Wildman–Crippen LogP) is 2.14. The summed E-state index contributed by atoms with van der Waals surface area (Å²) in [6, 6.07) is 5.45. The molecule has 0 spiro atoms. The molecule has 7 heteroatoms. The number of nitrogens with zero attached hydrogens (tertiary/aromatic N) is 1. The van der Waals surface area contributed by atoms with Crippen LogP contribution in [0.15, 0.2) is 18.2 Å². The van der Waals surface area contributed by atoms with E-state index in [-0.39, 0.29) is 30.1 Å². The molecular formula is C16H24ClN3O2S. The first kappa shape index (κ1) is 19.8. The molecule has 0 aromatic heterocycles. The molecule has 23 heavy (non-hydrogen) atoms. The molecule has 1 unspecified atom stereocenters. The average molecular weight is 358 g/mol. The van der Waals surface area contributed by atoms with Crippen LogP contribution in [0.5, 0.6) is 0 Å². The Bertz CT molecular complexity index is 562. The van der Waals surface area contributed by atoms with Crippen molar-refractivity contribution in [3.05, 3.63) is 29.3 Å². The Labute approximate surface area is 147 Å². The monoisotopic (exact) mass is 357 g/mol. The molecule has 2 rings (SSSR count). The highest BCUT2D eigenvalue weighted by atomic mass is 35.5. The summed E-state index contributed by atoms with van der Waals surface area (Å²) in [4.78, 5) is 26.4. The number of thioether (sulfide) groups is 1. The van der Waals surface area contributed by atoms with Crippen LogP contribution in [0.3, 0.4) is 0 Å². The number of amides is 2. The van der Waals surface area contributed by atoms with Crippen LogP contribution in [0.2, 0.25) is 0 Å². The van der Waals surface area contributed by atoms with E-state index in [0.717, 1.165) is 30.2 Å². The number of carbonyl (C=O) groups is 2. The van der Waals surface area contributed by atoms with Crippen molar-refractivity contribution in [3.63, 3.8) is 0 Å². The van der Waals surface area contributed by atoms with Gasteiger partial charge in [-0.3, -0.25) is 9.59 Å². The lowest BCUT2D eigenvalue weighted by Crippen LogP contribution is -2.38. The summed E-state index contributed by atoms with van der Waals surface area (Å²) in [6.45, 7) is 5.56. The number of rotatable bonds is 4. The summed E-state index contributed by atoms with van der Waals surface area (Å²) in [6.07, 6.45) is 0. The Morgan fingerprint density at radius 1 is 1.35 bits per heavy atom. The summed E-state index contributed by atoms with van der Waals surface area (Å²) in [5, 5.41) is 2.87. The third kappa shape index (κ3) is 5.12. The summed E-state index contributed by atoms with van der Waals surface area (Å²) in [7, 11) is 0. The average Bonchev–Trinajstić information content (AvgIpc) is 2.56. The Morgan fingerprint density at radius 3 is 2.61 bits per heavy atom. The van der Waals surface area contributed by atoms with Gasteiger partial charge in [-0.1, -0.05) is 13.0 Å². The minimum atomic E-state index is -0.252. The maximum atomic E-state index is 12.5. The number of hydrogen-bond acceptors (Lipinski definition) is 4. The quantitative estimate of drug-likeness (QED) is 0.865. The largest absolute Gasteiger partial charge is 0.337 e. The van der Waals surface area contributed by atoms with Crippen LogP contribution in [0.1, 0.15) is 22.8 Å². The van der Waals surface area contributed by atoms with Crippen molar-refractivity contribution in [1.29, 1.82) is 0 Å². The fraction of sp³-hybridized carbons (Fsp3) is 0.500. The van der Waals surface area contributed by atoms with Gasteiger partial charge in [0, 0.05) is 48.3 Å². The van der Waals surface area contributed by atoms with Gasteiger partial charge in [0.25, 0.3) is 5.91 Å². The number of anilines is 1. The molecule has 1 aromatic carbocycles. The smallest absolute Gasteiger partial charge is 0.253 e. The zero-order valence-electron chi connectivity index (χ0n) is 13.5. The van der Waals surface area contributed by atoms with E-state index in [2.05, 4.69) is 5.32 Å². The van der Waals surface area contributed by atoms with Gasteiger partial charge in [-0.25, -0.2) is 0 Å². The first-order valence-corrected chi connectivity index (χ1v) is 8.67. The second-order valence-electron chi connectivity index (χ2n) is 5.56. The second-order valence-corrected chi connectivity index (χ2v) is 6.79. The summed E-state index contributed by atoms with van der Waals surface area (Å²) in [5.74, 6) is 1.62. The molecule has 0 aliphatic carbocycles. The van der Waals surface area contributed by atoms with E-state index in [9.17, 15) is 9.59 Å². The molecule has 1 heterocycles. The highest BCUT2D eigenvalue weighted by Crippen LogP contribution is 2.20. The molecule has 0 radical (unpaired) electrons. The highest BCUT2D eigenvalue weighted by molar-refractivity contribution is 7.99. The first-order chi connectivity index (χ1) is 10.5. The third-order valence-corrected chi connectivity index (χ3v) is 4.78. The summed E-state index contributed by atoms with van der Waals surface area (Å²) in [5.41, 5.74) is 7.75. The van der Waals surface area contributed by atoms with Gasteiger partial charge in [0.15, 0.2) is 0 Å². The Hall–Kier alpha value is -1.24. The predicted molar refractivity (Wildman–Crippen MR) is 98.5 cm³/mol. The molecule has 1 saturated heterocycles. The molecule has 1 fully saturated rings. The van der Waals surface area contributed by atoms with Crippen molar-refractivity contribution in [2.45, 2.75) is 13.8 Å². The lowest BCUT2D eigenvalue weighted by Gasteiger charge is -2.26. The fourth-order valence-electron chi connectivity index (χ4n) is 2.20. The minimum absolute atomic E-state index is 0. The van der Waals surface area contributed by atoms with Gasteiger partial charge in [-0.15, -0.1) is 12.4 Å². The molecule has 2 amide bonds. The van der Waals surface area contributed by atoms with Crippen molar-refractivity contribution < 1.29 is 9.59 Å². The Morgan fingerprint density at radius 2 is 2.00 bits per heavy atom. The molecule has 1 atom stereocenters. The molecule has 5 nitrogen and oxygen atoms in total. The molecule has 1 aliphatic rings. The lowest BCUT2D eigenvalue weighted by atomic mass is 10.1. The zero-order valence-corrected chi connectivity index (χ0v) is 15.1. The van der Waals surface area contributed by atoms with Crippen LogP contribution in [-0.4, -0.2) is 47.9 Å². The van der Waals surface area contributed by atoms with E-state index in [1.807, 2.05) is 35.7 Å². The summed E-state index contributed by atoms with van der Waals surface area (Å²) < 4.78 is 0. The van der Waals surface area contributed by atoms with E-state index in [4.69, 9.17) is 5.73 Å². The minimum Gasteiger partial charge on any atom is -0.337 e. The number of carbonyl (C=O) groups excluding carboxylic acids is 2. The van der Waals surface area contributed by atoms with Gasteiger partial charge >= 0.3 is 0 Å². The van der Waals surface area contributed by atoms with Crippen LogP contribution in [0.25, 0.3) is 0 Å². The third-order valence-electron chi connectivity index (χ3n) is 3.84. The number of benzene rings is 1. The van der Waals surface area contributed by atoms with Crippen LogP contribution < -0.4 is 11.1 Å². The van der Waals surface area contributed by atoms with Gasteiger partial charge in [-0.2, -0.15) is 11.8 Å². The topological polar surface area (TPSA) is 75.4 Å². The van der Waals surface area contributed by atoms with Crippen molar-refractivity contribution in [3.8, 4) is 0 Å². The first-order valence-electron chi connectivity index (χ1n) is 7.51. The number of halogens is 1. The van der Waals surface area contributed by atoms with Crippen LogP contribution in [0.4, 0.5) is 5.69 Å². The van der Waals surface area contributed by atoms with E-state index < -0.39 is 0 Å². The van der Waals surface area contributed by atoms with Crippen molar-refractivity contribution in [2.24, 2.45) is 11.7 Å². The fourth-order valence-corrected chi connectivity index (χ4v) is 3.10. The molecule has 0 bridgehead atoms. The van der Waals surface area contributed by atoms with Gasteiger partial charge in [-0.05, 0) is 24.6 Å². The van der Waals surface area contributed by atoms with Crippen LogP contribution in [-0.2, 0) is 4.79 Å². The molecule has 1 aromatic rings. The van der Waals surface area contributed by atoms with Gasteiger partial charge in [0.1, 0.15) is 0 Å². The van der Waals surface area contributed by atoms with E-state index >= 15 is 0 Å². The van der Waals surface area contributed by atoms with Crippen molar-refractivity contribution in [1.82, 2.24) is 4.90 Å². The SMILES string of the molecule is Cc1ccc(C(=O)N2CCSCC2)cc1NC(=O)C(C)CN.Cl. The van der Waals surface area contributed by atoms with E-state index in [0.29, 0.717) is 17.8 Å². The van der Waals surface area contributed by atoms with E-state index in [1.54, 1.807) is 13.0 Å². The van der Waals surface area contributed by atoms with Crippen molar-refractivity contribution in [2.75, 3.05) is 36.5 Å². The molecular weight excluding hydrogens is 334 g/mol. The lowest BCUT2D eigenvalue weighted by molar-refractivity contribution is -0.119. The number of aryl methyl sites for hydroxylation is 1. The zero-order chi connectivity index (χ0) is 16.1. The number of nitrogens with one attached hydrogen (secondary N) is 1. The van der Waals surface area contributed by atoms with Gasteiger partial charge < -0.3 is 16.0 Å². The molecule has 1 aliphatic heterocycles. The standard InChI is InChI=1S/C16H23N3O2S.ClH/c1-11-3-4-13(16(21)19-5-7-22-8-6-19)9-14(11)18-15(20)12(2)10-17;/h3-4,9,12H,5-8,10,17H2,1-2H3,(H,18,20);1H. The summed E-state index contributed by atoms with van der Waals surface area (Å²) >= 11 is 1.87. The second kappa shape index (κ2) is 9.15. The Balaban J connectivity index is 0.00000264. The maximum absolute atomic E-state index is 12.5. The van der Waals surface area contributed by atoms with Crippen LogP contribution >= 0.6 is 24.2 Å². The number of hydrogen-bond donors (Lipinski definition) is 2. The highest BCUT2D eigenvalue weighted by Gasteiger charge is 2.19. The maximum Gasteiger partial charge on any atom is 0.253 e. The molecule has 3 N–H and O–H groups in total. The number of nitrogens with two attached hydrogens (primary N) is 1. The van der Waals surface area contributed by atoms with Crippen molar-refractivity contribution >= 4 is 41.7 Å². The van der Waals surface area contributed by atoms with Gasteiger partial charge in [0.2, 0.25) is 5.91 Å². The Kier molecular flexibility index (Phi) is 7.88. The van der Waals surface area contributed by atoms with E-state index in [1.165, 1.54) is 0 Å². The normalized spacial score (nSPS) is 15.5. The molecule has 128 valence electrons. The van der Waals surface area contributed by atoms with Gasteiger partial charge in [0.05, 0.1) is 0 Å².